The maximum absolute atomic E-state index is 12.3. The van der Waals surface area contributed by atoms with Gasteiger partial charge >= 0.3 is 0 Å². The number of piperazine rings is 1. The molecule has 2 heterocycles. The van der Waals surface area contributed by atoms with Crippen molar-refractivity contribution in [2.24, 2.45) is 0 Å². The molecule has 1 saturated heterocycles. The average molecular weight is 398 g/mol. The number of benzene rings is 1. The minimum atomic E-state index is 0.00357. The number of thiophene rings is 1. The topological polar surface area (TPSA) is 35.6 Å². The van der Waals surface area contributed by atoms with Crippen LogP contribution in [-0.4, -0.2) is 48.4 Å². The summed E-state index contributed by atoms with van der Waals surface area (Å²) in [6.45, 7) is 6.94. The van der Waals surface area contributed by atoms with E-state index in [1.807, 2.05) is 31.2 Å². The van der Waals surface area contributed by atoms with Crippen molar-refractivity contribution in [1.29, 1.82) is 0 Å². The lowest BCUT2D eigenvalue weighted by Gasteiger charge is -2.34. The van der Waals surface area contributed by atoms with Gasteiger partial charge in [-0.05, 0) is 36.8 Å². The Morgan fingerprint density at radius 3 is 2.52 bits per heavy atom. The zero-order valence-electron chi connectivity index (χ0n) is 14.1. The molecule has 2 aromatic rings. The molecule has 1 aliphatic heterocycles. The van der Waals surface area contributed by atoms with Crippen LogP contribution in [0, 0.1) is 6.92 Å². The Labute approximate surface area is 162 Å². The van der Waals surface area contributed by atoms with Crippen LogP contribution in [0.3, 0.4) is 0 Å². The Bertz CT molecular complexity index is 742. The number of anilines is 1. The Balaban J connectivity index is 1.45. The Morgan fingerprint density at radius 1 is 1.12 bits per heavy atom. The van der Waals surface area contributed by atoms with Gasteiger partial charge in [-0.2, -0.15) is 0 Å². The highest BCUT2D eigenvalue weighted by atomic mass is 35.5. The lowest BCUT2D eigenvalue weighted by Crippen LogP contribution is -2.48. The van der Waals surface area contributed by atoms with Crippen LogP contribution in [-0.2, 0) is 11.3 Å². The molecule has 1 aromatic carbocycles. The number of rotatable bonds is 5. The normalized spacial score (nSPS) is 16.1. The third kappa shape index (κ3) is 5.19. The predicted octanol–water partition coefficient (Wildman–Crippen LogP) is 4.12. The molecule has 1 N–H and O–H groups in total. The summed E-state index contributed by atoms with van der Waals surface area (Å²) in [5, 5.41) is 3.63. The summed E-state index contributed by atoms with van der Waals surface area (Å²) in [4.78, 5) is 18.2. The second-order valence-corrected chi connectivity index (χ2v) is 8.43. The minimum absolute atomic E-state index is 0.00357. The SMILES string of the molecule is Cc1c(Cl)cccc1NC(=O)CN1CCN(Cc2ccc(Cl)s2)CC1. The van der Waals surface area contributed by atoms with Crippen molar-refractivity contribution in [3.63, 3.8) is 0 Å². The summed E-state index contributed by atoms with van der Waals surface area (Å²) in [5.74, 6) is 0.00357. The first-order chi connectivity index (χ1) is 12.0. The summed E-state index contributed by atoms with van der Waals surface area (Å²) in [6, 6.07) is 9.58. The summed E-state index contributed by atoms with van der Waals surface area (Å²) in [5.41, 5.74) is 1.68. The van der Waals surface area contributed by atoms with Gasteiger partial charge in [0.25, 0.3) is 0 Å². The van der Waals surface area contributed by atoms with Crippen LogP contribution in [0.1, 0.15) is 10.4 Å². The second kappa shape index (κ2) is 8.52. The molecule has 3 rings (SSSR count). The van der Waals surface area contributed by atoms with Crippen molar-refractivity contribution in [2.45, 2.75) is 13.5 Å². The minimum Gasteiger partial charge on any atom is -0.325 e. The van der Waals surface area contributed by atoms with Gasteiger partial charge in [0.2, 0.25) is 5.91 Å². The third-order valence-corrected chi connectivity index (χ3v) is 6.01. The van der Waals surface area contributed by atoms with Gasteiger partial charge < -0.3 is 5.32 Å². The fourth-order valence-corrected chi connectivity index (χ4v) is 4.20. The van der Waals surface area contributed by atoms with Crippen LogP contribution < -0.4 is 5.32 Å². The van der Waals surface area contributed by atoms with E-state index in [0.717, 1.165) is 48.3 Å². The zero-order valence-corrected chi connectivity index (χ0v) is 16.4. The number of nitrogens with one attached hydrogen (secondary N) is 1. The van der Waals surface area contributed by atoms with Gasteiger partial charge in [-0.15, -0.1) is 11.3 Å². The Hall–Kier alpha value is -1.11. The van der Waals surface area contributed by atoms with Gasteiger partial charge in [0.1, 0.15) is 0 Å². The zero-order chi connectivity index (χ0) is 17.8. The number of halogens is 2. The molecule has 4 nitrogen and oxygen atoms in total. The van der Waals surface area contributed by atoms with Gasteiger partial charge in [-0.1, -0.05) is 29.3 Å². The van der Waals surface area contributed by atoms with E-state index >= 15 is 0 Å². The van der Waals surface area contributed by atoms with Crippen molar-refractivity contribution in [2.75, 3.05) is 38.0 Å². The van der Waals surface area contributed by atoms with E-state index in [-0.39, 0.29) is 5.91 Å². The quantitative estimate of drug-likeness (QED) is 0.823. The fraction of sp³-hybridized carbons (Fsp3) is 0.389. The third-order valence-electron chi connectivity index (χ3n) is 4.38. The van der Waals surface area contributed by atoms with Gasteiger partial charge in [0, 0.05) is 48.3 Å². The highest BCUT2D eigenvalue weighted by molar-refractivity contribution is 7.16. The number of carbonyl (C=O) groups is 1. The van der Waals surface area contributed by atoms with E-state index in [4.69, 9.17) is 23.2 Å². The van der Waals surface area contributed by atoms with Gasteiger partial charge in [0.15, 0.2) is 0 Å². The number of hydrogen-bond acceptors (Lipinski definition) is 4. The van der Waals surface area contributed by atoms with Crippen LogP contribution >= 0.6 is 34.5 Å². The molecule has 0 unspecified atom stereocenters. The van der Waals surface area contributed by atoms with E-state index in [1.165, 1.54) is 4.88 Å². The molecule has 0 radical (unpaired) electrons. The lowest BCUT2D eigenvalue weighted by atomic mass is 10.2. The first-order valence-electron chi connectivity index (χ1n) is 8.25. The maximum Gasteiger partial charge on any atom is 0.238 e. The number of nitrogens with zero attached hydrogens (tertiary/aromatic N) is 2. The van der Waals surface area contributed by atoms with E-state index in [2.05, 4.69) is 21.2 Å². The van der Waals surface area contributed by atoms with Crippen molar-refractivity contribution < 1.29 is 4.79 Å². The maximum atomic E-state index is 12.3. The first kappa shape index (κ1) is 18.7. The smallest absolute Gasteiger partial charge is 0.238 e. The van der Waals surface area contributed by atoms with Crippen molar-refractivity contribution in [3.8, 4) is 0 Å². The Kier molecular flexibility index (Phi) is 6.36. The summed E-state index contributed by atoms with van der Waals surface area (Å²) < 4.78 is 0.835. The molecule has 1 amide bonds. The van der Waals surface area contributed by atoms with E-state index < -0.39 is 0 Å². The van der Waals surface area contributed by atoms with Gasteiger partial charge in [-0.3, -0.25) is 14.6 Å². The molecule has 0 aliphatic carbocycles. The van der Waals surface area contributed by atoms with Crippen LogP contribution in [0.2, 0.25) is 9.36 Å². The van der Waals surface area contributed by atoms with Gasteiger partial charge in [0.05, 0.1) is 10.9 Å². The molecular formula is C18H21Cl2N3OS. The van der Waals surface area contributed by atoms with Crippen molar-refractivity contribution in [3.05, 3.63) is 50.1 Å². The summed E-state index contributed by atoms with van der Waals surface area (Å²) in [6.07, 6.45) is 0. The van der Waals surface area contributed by atoms with Crippen LogP contribution in [0.4, 0.5) is 5.69 Å². The lowest BCUT2D eigenvalue weighted by molar-refractivity contribution is -0.117. The molecule has 0 spiro atoms. The highest BCUT2D eigenvalue weighted by Crippen LogP contribution is 2.24. The number of hydrogen-bond donors (Lipinski definition) is 1. The molecule has 0 atom stereocenters. The molecule has 1 aliphatic rings. The van der Waals surface area contributed by atoms with E-state index in [1.54, 1.807) is 11.3 Å². The van der Waals surface area contributed by atoms with Crippen LogP contribution in [0.25, 0.3) is 0 Å². The monoisotopic (exact) mass is 397 g/mol. The first-order valence-corrected chi connectivity index (χ1v) is 9.82. The van der Waals surface area contributed by atoms with Gasteiger partial charge in [-0.25, -0.2) is 0 Å². The Morgan fingerprint density at radius 2 is 1.84 bits per heavy atom. The molecule has 1 fully saturated rings. The van der Waals surface area contributed by atoms with Crippen LogP contribution in [0.5, 0.6) is 0 Å². The molecular weight excluding hydrogens is 377 g/mol. The number of carbonyl (C=O) groups excluding carboxylic acids is 1. The molecule has 1 aromatic heterocycles. The standard InChI is InChI=1S/C18H21Cl2N3OS/c1-13-15(19)3-2-4-16(13)21-18(24)12-23-9-7-22(8-10-23)11-14-5-6-17(20)25-14/h2-6H,7-12H2,1H3,(H,21,24). The second-order valence-electron chi connectivity index (χ2n) is 6.22. The van der Waals surface area contributed by atoms with E-state index in [9.17, 15) is 4.79 Å². The summed E-state index contributed by atoms with van der Waals surface area (Å²) in [7, 11) is 0. The van der Waals surface area contributed by atoms with Crippen LogP contribution in [0.15, 0.2) is 30.3 Å². The average Bonchev–Trinajstić information content (AvgIpc) is 2.99. The summed E-state index contributed by atoms with van der Waals surface area (Å²) >= 11 is 13.7. The molecule has 25 heavy (non-hydrogen) atoms. The fourth-order valence-electron chi connectivity index (χ4n) is 2.90. The molecule has 0 bridgehead atoms. The molecule has 7 heteroatoms. The number of amides is 1. The van der Waals surface area contributed by atoms with Crippen molar-refractivity contribution >= 4 is 46.1 Å². The highest BCUT2D eigenvalue weighted by Gasteiger charge is 2.19. The molecule has 0 saturated carbocycles. The van der Waals surface area contributed by atoms with E-state index in [0.29, 0.717) is 11.6 Å². The largest absolute Gasteiger partial charge is 0.325 e. The predicted molar refractivity (Wildman–Crippen MR) is 106 cm³/mol. The van der Waals surface area contributed by atoms with Crippen molar-refractivity contribution in [1.82, 2.24) is 9.80 Å². The molecule has 134 valence electrons.